The SMILES string of the molecule is N#Cc1ccc(S(=O)(=O)Nc2ccccc2F)c(N)c1. The van der Waals surface area contributed by atoms with Gasteiger partial charge in [-0.25, -0.2) is 12.8 Å². The lowest BCUT2D eigenvalue weighted by Crippen LogP contribution is -2.15. The highest BCUT2D eigenvalue weighted by Crippen LogP contribution is 2.23. The summed E-state index contributed by atoms with van der Waals surface area (Å²) in [4.78, 5) is -0.209. The summed E-state index contributed by atoms with van der Waals surface area (Å²) in [5, 5.41) is 8.71. The number of nitriles is 1. The summed E-state index contributed by atoms with van der Waals surface area (Å²) in [6.45, 7) is 0. The fourth-order valence-electron chi connectivity index (χ4n) is 1.61. The van der Waals surface area contributed by atoms with E-state index in [4.69, 9.17) is 11.0 Å². The first kappa shape index (κ1) is 13.8. The van der Waals surface area contributed by atoms with Crippen molar-refractivity contribution in [2.45, 2.75) is 4.90 Å². The number of nitrogens with two attached hydrogens (primary N) is 1. The molecule has 0 aliphatic rings. The maximum Gasteiger partial charge on any atom is 0.264 e. The van der Waals surface area contributed by atoms with Gasteiger partial charge in [0, 0.05) is 0 Å². The third kappa shape index (κ3) is 2.70. The molecule has 0 atom stereocenters. The quantitative estimate of drug-likeness (QED) is 0.846. The number of nitrogens with one attached hydrogen (secondary N) is 1. The monoisotopic (exact) mass is 291 g/mol. The Morgan fingerprint density at radius 3 is 2.50 bits per heavy atom. The van der Waals surface area contributed by atoms with Crippen LogP contribution in [0.4, 0.5) is 15.8 Å². The van der Waals surface area contributed by atoms with E-state index in [0.717, 1.165) is 6.07 Å². The second-order valence-corrected chi connectivity index (χ2v) is 5.60. The molecule has 0 aliphatic heterocycles. The van der Waals surface area contributed by atoms with E-state index in [1.807, 2.05) is 6.07 Å². The Labute approximate surface area is 115 Å². The second kappa shape index (κ2) is 5.19. The largest absolute Gasteiger partial charge is 0.398 e. The van der Waals surface area contributed by atoms with Crippen LogP contribution in [0.3, 0.4) is 0 Å². The van der Waals surface area contributed by atoms with Crippen LogP contribution in [0.25, 0.3) is 0 Å². The van der Waals surface area contributed by atoms with Gasteiger partial charge in [0.15, 0.2) is 0 Å². The Hall–Kier alpha value is -2.59. The van der Waals surface area contributed by atoms with Crippen molar-refractivity contribution >= 4 is 21.4 Å². The minimum atomic E-state index is -4.02. The van der Waals surface area contributed by atoms with Gasteiger partial charge in [-0.15, -0.1) is 0 Å². The minimum absolute atomic E-state index is 0.0760. The van der Waals surface area contributed by atoms with Crippen LogP contribution >= 0.6 is 0 Å². The molecule has 0 aliphatic carbocycles. The van der Waals surface area contributed by atoms with Gasteiger partial charge in [-0.2, -0.15) is 5.26 Å². The van der Waals surface area contributed by atoms with Crippen molar-refractivity contribution in [2.24, 2.45) is 0 Å². The van der Waals surface area contributed by atoms with Crippen molar-refractivity contribution in [3.63, 3.8) is 0 Å². The number of hydrogen-bond acceptors (Lipinski definition) is 4. The predicted octanol–water partition coefficient (Wildman–Crippen LogP) is 2.08. The molecular formula is C13H10FN3O2S. The molecule has 2 aromatic rings. The molecule has 3 N–H and O–H groups in total. The van der Waals surface area contributed by atoms with Crippen molar-refractivity contribution < 1.29 is 12.8 Å². The molecule has 0 spiro atoms. The Bertz CT molecular complexity index is 798. The van der Waals surface area contributed by atoms with Gasteiger partial charge >= 0.3 is 0 Å². The first-order chi connectivity index (χ1) is 9.44. The number of nitrogens with zero attached hydrogens (tertiary/aromatic N) is 1. The number of sulfonamides is 1. The van der Waals surface area contributed by atoms with Crippen LogP contribution in [0, 0.1) is 17.1 Å². The highest BCUT2D eigenvalue weighted by atomic mass is 32.2. The molecule has 0 bridgehead atoms. The zero-order valence-corrected chi connectivity index (χ0v) is 11.0. The molecule has 0 aromatic heterocycles. The van der Waals surface area contributed by atoms with Crippen LogP contribution < -0.4 is 10.5 Å². The highest BCUT2D eigenvalue weighted by Gasteiger charge is 2.19. The van der Waals surface area contributed by atoms with Crippen LogP contribution in [0.1, 0.15) is 5.56 Å². The van der Waals surface area contributed by atoms with Crippen LogP contribution in [-0.4, -0.2) is 8.42 Å². The van der Waals surface area contributed by atoms with Gasteiger partial charge in [-0.05, 0) is 30.3 Å². The Kier molecular flexibility index (Phi) is 3.59. The van der Waals surface area contributed by atoms with Gasteiger partial charge in [0.25, 0.3) is 10.0 Å². The number of hydrogen-bond donors (Lipinski definition) is 2. The molecule has 5 nitrogen and oxygen atoms in total. The van der Waals surface area contributed by atoms with Crippen LogP contribution in [-0.2, 0) is 10.0 Å². The van der Waals surface area contributed by atoms with Crippen molar-refractivity contribution in [3.8, 4) is 6.07 Å². The van der Waals surface area contributed by atoms with Gasteiger partial charge in [0.1, 0.15) is 10.7 Å². The molecule has 7 heteroatoms. The van der Waals surface area contributed by atoms with E-state index in [9.17, 15) is 12.8 Å². The normalized spacial score (nSPS) is 10.8. The van der Waals surface area contributed by atoms with Crippen molar-refractivity contribution in [2.75, 3.05) is 10.5 Å². The lowest BCUT2D eigenvalue weighted by molar-refractivity contribution is 0.599. The Morgan fingerprint density at radius 2 is 1.90 bits per heavy atom. The molecular weight excluding hydrogens is 281 g/mol. The van der Waals surface area contributed by atoms with Crippen LogP contribution in [0.2, 0.25) is 0 Å². The zero-order chi connectivity index (χ0) is 14.8. The van der Waals surface area contributed by atoms with Crippen molar-refractivity contribution in [1.29, 1.82) is 5.26 Å². The smallest absolute Gasteiger partial charge is 0.264 e. The van der Waals surface area contributed by atoms with E-state index >= 15 is 0 Å². The number of nitrogen functional groups attached to an aromatic ring is 1. The van der Waals surface area contributed by atoms with Gasteiger partial charge in [-0.1, -0.05) is 12.1 Å². The number of halogens is 1. The van der Waals surface area contributed by atoms with Gasteiger partial charge in [0.05, 0.1) is 23.0 Å². The van der Waals surface area contributed by atoms with E-state index in [0.29, 0.717) is 0 Å². The summed E-state index contributed by atoms with van der Waals surface area (Å²) in [7, 11) is -4.02. The molecule has 0 amide bonds. The third-order valence-electron chi connectivity index (χ3n) is 2.55. The summed E-state index contributed by atoms with van der Waals surface area (Å²) in [5.74, 6) is -0.691. The molecule has 0 saturated heterocycles. The summed E-state index contributed by atoms with van der Waals surface area (Å²) in [5.41, 5.74) is 5.61. The number of anilines is 2. The second-order valence-electron chi connectivity index (χ2n) is 3.95. The summed E-state index contributed by atoms with van der Waals surface area (Å²) in [6.07, 6.45) is 0. The van der Waals surface area contributed by atoms with E-state index in [1.165, 1.54) is 36.4 Å². The van der Waals surface area contributed by atoms with Gasteiger partial charge in [0.2, 0.25) is 0 Å². The lowest BCUT2D eigenvalue weighted by atomic mass is 10.2. The summed E-state index contributed by atoms with van der Waals surface area (Å²) < 4.78 is 39.8. The van der Waals surface area contributed by atoms with Crippen molar-refractivity contribution in [1.82, 2.24) is 0 Å². The molecule has 0 unspecified atom stereocenters. The fourth-order valence-corrected chi connectivity index (χ4v) is 2.79. The number of para-hydroxylation sites is 1. The first-order valence-electron chi connectivity index (χ1n) is 5.51. The Morgan fingerprint density at radius 1 is 1.20 bits per heavy atom. The Balaban J connectivity index is 2.42. The van der Waals surface area contributed by atoms with Crippen LogP contribution in [0.5, 0.6) is 0 Å². The average molecular weight is 291 g/mol. The topological polar surface area (TPSA) is 96.0 Å². The van der Waals surface area contributed by atoms with Gasteiger partial charge < -0.3 is 5.73 Å². The molecule has 20 heavy (non-hydrogen) atoms. The van der Waals surface area contributed by atoms with Crippen LogP contribution in [0.15, 0.2) is 47.4 Å². The van der Waals surface area contributed by atoms with E-state index in [-0.39, 0.29) is 21.8 Å². The molecule has 0 saturated carbocycles. The van der Waals surface area contributed by atoms with E-state index in [1.54, 1.807) is 0 Å². The summed E-state index contributed by atoms with van der Waals surface area (Å²) >= 11 is 0. The maximum absolute atomic E-state index is 13.5. The van der Waals surface area contributed by atoms with E-state index in [2.05, 4.69) is 4.72 Å². The molecule has 0 heterocycles. The number of benzene rings is 2. The lowest BCUT2D eigenvalue weighted by Gasteiger charge is -2.10. The molecule has 2 aromatic carbocycles. The third-order valence-corrected chi connectivity index (χ3v) is 3.99. The molecule has 102 valence electrons. The van der Waals surface area contributed by atoms with E-state index < -0.39 is 15.8 Å². The van der Waals surface area contributed by atoms with Gasteiger partial charge in [-0.3, -0.25) is 4.72 Å². The fraction of sp³-hybridized carbons (Fsp3) is 0. The molecule has 2 rings (SSSR count). The number of rotatable bonds is 3. The minimum Gasteiger partial charge on any atom is -0.398 e. The molecule has 0 radical (unpaired) electrons. The first-order valence-corrected chi connectivity index (χ1v) is 6.99. The maximum atomic E-state index is 13.5. The molecule has 0 fully saturated rings. The standard InChI is InChI=1S/C13H10FN3O2S/c14-10-3-1-2-4-12(10)17-20(18,19)13-6-5-9(8-15)7-11(13)16/h1-7,17H,16H2. The highest BCUT2D eigenvalue weighted by molar-refractivity contribution is 7.92. The predicted molar refractivity (Wildman–Crippen MR) is 72.8 cm³/mol. The summed E-state index contributed by atoms with van der Waals surface area (Å²) in [6, 6.07) is 11.0. The zero-order valence-electron chi connectivity index (χ0n) is 10.2. The average Bonchev–Trinajstić information content (AvgIpc) is 2.40. The van der Waals surface area contributed by atoms with Crippen molar-refractivity contribution in [3.05, 3.63) is 53.8 Å².